The second kappa shape index (κ2) is 5.59. The highest BCUT2D eigenvalue weighted by Gasteiger charge is 2.16. The third kappa shape index (κ3) is 3.45. The van der Waals surface area contributed by atoms with E-state index in [4.69, 9.17) is 23.2 Å². The average molecular weight is 299 g/mol. The second-order valence-electron chi connectivity index (χ2n) is 4.18. The molecular formula is C12H12Cl2N4O. The first-order valence-electron chi connectivity index (χ1n) is 5.55. The molecule has 7 heteroatoms. The van der Waals surface area contributed by atoms with E-state index in [9.17, 15) is 4.79 Å². The molecule has 0 fully saturated rings. The normalized spacial score (nSPS) is 10.5. The number of carbonyl (C=O) groups excluding carboxylic acids is 1. The predicted molar refractivity (Wildman–Crippen MR) is 73.4 cm³/mol. The van der Waals surface area contributed by atoms with Gasteiger partial charge in [-0.2, -0.15) is 0 Å². The quantitative estimate of drug-likeness (QED) is 0.948. The summed E-state index contributed by atoms with van der Waals surface area (Å²) in [6.45, 7) is 2.12. The maximum Gasteiger partial charge on any atom is 0.293 e. The molecule has 0 unspecified atom stereocenters. The number of nitrogens with zero attached hydrogens (tertiary/aromatic N) is 3. The van der Waals surface area contributed by atoms with E-state index in [2.05, 4.69) is 15.2 Å². The van der Waals surface area contributed by atoms with Gasteiger partial charge in [0, 0.05) is 23.6 Å². The van der Waals surface area contributed by atoms with Crippen LogP contribution < -0.4 is 0 Å². The Labute approximate surface area is 120 Å². The lowest BCUT2D eigenvalue weighted by Crippen LogP contribution is -2.27. The van der Waals surface area contributed by atoms with Crippen LogP contribution in [0.2, 0.25) is 10.0 Å². The molecule has 2 rings (SSSR count). The number of hydrogen-bond donors (Lipinski definition) is 1. The minimum absolute atomic E-state index is 0.146. The molecule has 19 heavy (non-hydrogen) atoms. The third-order valence-electron chi connectivity index (χ3n) is 2.48. The zero-order chi connectivity index (χ0) is 14.0. The zero-order valence-electron chi connectivity index (χ0n) is 10.4. The zero-order valence-corrected chi connectivity index (χ0v) is 12.0. The van der Waals surface area contributed by atoms with Gasteiger partial charge >= 0.3 is 0 Å². The lowest BCUT2D eigenvalue weighted by Gasteiger charge is -2.15. The maximum atomic E-state index is 12.0. The van der Waals surface area contributed by atoms with E-state index in [0.29, 0.717) is 22.4 Å². The molecule has 0 aliphatic heterocycles. The molecule has 0 spiro atoms. The van der Waals surface area contributed by atoms with Crippen LogP contribution in [0.1, 0.15) is 22.0 Å². The van der Waals surface area contributed by atoms with Crippen LogP contribution in [-0.2, 0) is 6.54 Å². The molecule has 5 nitrogen and oxygen atoms in total. The van der Waals surface area contributed by atoms with Crippen molar-refractivity contribution in [2.24, 2.45) is 0 Å². The summed E-state index contributed by atoms with van der Waals surface area (Å²) >= 11 is 11.8. The van der Waals surface area contributed by atoms with Crippen LogP contribution >= 0.6 is 23.2 Å². The Balaban J connectivity index is 2.12. The summed E-state index contributed by atoms with van der Waals surface area (Å²) in [4.78, 5) is 17.6. The Morgan fingerprint density at radius 3 is 2.47 bits per heavy atom. The summed E-state index contributed by atoms with van der Waals surface area (Å²) in [6, 6.07) is 5.17. The first kappa shape index (κ1) is 13.8. The van der Waals surface area contributed by atoms with Gasteiger partial charge in [0.15, 0.2) is 0 Å². The minimum atomic E-state index is -0.263. The van der Waals surface area contributed by atoms with Crippen molar-refractivity contribution in [2.75, 3.05) is 7.05 Å². The molecule has 0 radical (unpaired) electrons. The molecule has 0 aliphatic rings. The predicted octanol–water partition coefficient (Wildman–Crippen LogP) is 2.69. The van der Waals surface area contributed by atoms with E-state index < -0.39 is 0 Å². The maximum absolute atomic E-state index is 12.0. The van der Waals surface area contributed by atoms with Crippen molar-refractivity contribution in [2.45, 2.75) is 13.5 Å². The number of benzene rings is 1. The summed E-state index contributed by atoms with van der Waals surface area (Å²) < 4.78 is 0. The molecule has 1 aromatic carbocycles. The van der Waals surface area contributed by atoms with Crippen LogP contribution in [0.5, 0.6) is 0 Å². The number of amides is 1. The number of nitrogens with one attached hydrogen (secondary N) is 1. The summed E-state index contributed by atoms with van der Waals surface area (Å²) in [5, 5.41) is 7.55. The molecule has 0 bridgehead atoms. The average Bonchev–Trinajstić information content (AvgIpc) is 2.73. The van der Waals surface area contributed by atoms with Gasteiger partial charge in [0.1, 0.15) is 5.82 Å². The molecule has 1 amide bonds. The molecule has 1 heterocycles. The smallest absolute Gasteiger partial charge is 0.293 e. The molecule has 1 N–H and O–H groups in total. The van der Waals surface area contributed by atoms with Crippen LogP contribution in [0.4, 0.5) is 0 Å². The minimum Gasteiger partial charge on any atom is -0.335 e. The van der Waals surface area contributed by atoms with Gasteiger partial charge in [-0.15, -0.1) is 5.10 Å². The summed E-state index contributed by atoms with van der Waals surface area (Å²) in [5.74, 6) is 0.483. The van der Waals surface area contributed by atoms with Gasteiger partial charge < -0.3 is 4.90 Å². The van der Waals surface area contributed by atoms with Crippen molar-refractivity contribution in [3.8, 4) is 0 Å². The van der Waals surface area contributed by atoms with E-state index >= 15 is 0 Å². The second-order valence-corrected chi connectivity index (χ2v) is 5.06. The van der Waals surface area contributed by atoms with Gasteiger partial charge in [0.2, 0.25) is 5.82 Å². The largest absolute Gasteiger partial charge is 0.335 e. The van der Waals surface area contributed by atoms with Crippen molar-refractivity contribution in [1.82, 2.24) is 20.1 Å². The summed E-state index contributed by atoms with van der Waals surface area (Å²) in [6.07, 6.45) is 0. The lowest BCUT2D eigenvalue weighted by atomic mass is 10.2. The Hall–Kier alpha value is -1.59. The van der Waals surface area contributed by atoms with Crippen LogP contribution in [-0.4, -0.2) is 33.0 Å². The Kier molecular flexibility index (Phi) is 4.07. The number of H-pyrrole nitrogens is 1. The van der Waals surface area contributed by atoms with Crippen molar-refractivity contribution in [3.63, 3.8) is 0 Å². The van der Waals surface area contributed by atoms with E-state index in [1.165, 1.54) is 4.90 Å². The van der Waals surface area contributed by atoms with Gasteiger partial charge in [-0.3, -0.25) is 9.89 Å². The Bertz CT molecular complexity index is 591. The first-order valence-corrected chi connectivity index (χ1v) is 6.31. The van der Waals surface area contributed by atoms with Gasteiger partial charge in [0.05, 0.1) is 0 Å². The fraction of sp³-hybridized carbons (Fsp3) is 0.250. The topological polar surface area (TPSA) is 61.9 Å². The van der Waals surface area contributed by atoms with Crippen molar-refractivity contribution < 1.29 is 4.79 Å². The number of aryl methyl sites for hydroxylation is 1. The SMILES string of the molecule is Cc1nc(C(=O)N(C)Cc2cc(Cl)cc(Cl)c2)n[nH]1. The highest BCUT2D eigenvalue weighted by Crippen LogP contribution is 2.20. The van der Waals surface area contributed by atoms with Crippen molar-refractivity contribution in [3.05, 3.63) is 45.5 Å². The van der Waals surface area contributed by atoms with Gasteiger partial charge in [-0.1, -0.05) is 23.2 Å². The van der Waals surface area contributed by atoms with E-state index in [1.807, 2.05) is 0 Å². The van der Waals surface area contributed by atoms with Crippen molar-refractivity contribution in [1.29, 1.82) is 0 Å². The fourth-order valence-electron chi connectivity index (χ4n) is 1.66. The number of rotatable bonds is 3. The highest BCUT2D eigenvalue weighted by molar-refractivity contribution is 6.34. The number of halogens is 2. The van der Waals surface area contributed by atoms with E-state index in [0.717, 1.165) is 5.56 Å². The number of aromatic nitrogens is 3. The molecule has 2 aromatic rings. The number of aromatic amines is 1. The van der Waals surface area contributed by atoms with Crippen LogP contribution in [0.15, 0.2) is 18.2 Å². The standard InChI is InChI=1S/C12H12Cl2N4O/c1-7-15-11(17-16-7)12(19)18(2)6-8-3-9(13)5-10(14)4-8/h3-5H,6H2,1-2H3,(H,15,16,17). The Morgan fingerprint density at radius 2 is 1.95 bits per heavy atom. The molecule has 1 aromatic heterocycles. The number of hydrogen-bond acceptors (Lipinski definition) is 3. The third-order valence-corrected chi connectivity index (χ3v) is 2.91. The van der Waals surface area contributed by atoms with Gasteiger partial charge in [-0.25, -0.2) is 4.98 Å². The fourth-order valence-corrected chi connectivity index (χ4v) is 2.23. The molecule has 0 saturated carbocycles. The van der Waals surface area contributed by atoms with E-state index in [1.54, 1.807) is 32.2 Å². The Morgan fingerprint density at radius 1 is 1.32 bits per heavy atom. The molecule has 0 atom stereocenters. The molecule has 0 saturated heterocycles. The van der Waals surface area contributed by atoms with Crippen LogP contribution in [0.3, 0.4) is 0 Å². The molecule has 0 aliphatic carbocycles. The van der Waals surface area contributed by atoms with E-state index in [-0.39, 0.29) is 11.7 Å². The first-order chi connectivity index (χ1) is 8.95. The number of carbonyl (C=O) groups is 1. The van der Waals surface area contributed by atoms with Crippen LogP contribution in [0.25, 0.3) is 0 Å². The van der Waals surface area contributed by atoms with Crippen molar-refractivity contribution >= 4 is 29.1 Å². The molecular weight excluding hydrogens is 287 g/mol. The monoisotopic (exact) mass is 298 g/mol. The van der Waals surface area contributed by atoms with Gasteiger partial charge in [0.25, 0.3) is 5.91 Å². The van der Waals surface area contributed by atoms with Crippen LogP contribution in [0, 0.1) is 6.92 Å². The summed E-state index contributed by atoms with van der Waals surface area (Å²) in [5.41, 5.74) is 0.848. The summed E-state index contributed by atoms with van der Waals surface area (Å²) in [7, 11) is 1.67. The molecule has 100 valence electrons. The van der Waals surface area contributed by atoms with Gasteiger partial charge in [-0.05, 0) is 30.7 Å². The highest BCUT2D eigenvalue weighted by atomic mass is 35.5. The lowest BCUT2D eigenvalue weighted by molar-refractivity contribution is 0.0773.